The van der Waals surface area contributed by atoms with Crippen LogP contribution in [0.2, 0.25) is 0 Å². The predicted octanol–water partition coefficient (Wildman–Crippen LogP) is 4.01. The van der Waals surface area contributed by atoms with Gasteiger partial charge in [0.05, 0.1) is 22.5 Å². The van der Waals surface area contributed by atoms with Crippen molar-refractivity contribution in [2.75, 3.05) is 0 Å². The Bertz CT molecular complexity index is 600. The number of aromatic nitrogens is 3. The van der Waals surface area contributed by atoms with E-state index in [0.717, 1.165) is 29.9 Å². The van der Waals surface area contributed by atoms with Crippen molar-refractivity contribution in [3.05, 3.63) is 90.3 Å². The van der Waals surface area contributed by atoms with Crippen LogP contribution in [-0.2, 0) is 5.41 Å². The van der Waals surface area contributed by atoms with Gasteiger partial charge in [0.1, 0.15) is 0 Å². The quantitative estimate of drug-likeness (QED) is 0.712. The highest BCUT2D eigenvalue weighted by atomic mass is 14.8. The third-order valence-electron chi connectivity index (χ3n) is 3.93. The van der Waals surface area contributed by atoms with Crippen LogP contribution in [0.15, 0.2) is 73.2 Å². The van der Waals surface area contributed by atoms with Gasteiger partial charge in [-0.3, -0.25) is 15.0 Å². The van der Waals surface area contributed by atoms with Crippen molar-refractivity contribution in [1.82, 2.24) is 15.0 Å². The molecular weight excluding hydrogens is 270 g/mol. The lowest BCUT2D eigenvalue weighted by Gasteiger charge is -2.32. The summed E-state index contributed by atoms with van der Waals surface area (Å²) < 4.78 is 0. The van der Waals surface area contributed by atoms with Crippen molar-refractivity contribution in [2.24, 2.45) is 0 Å². The van der Waals surface area contributed by atoms with Crippen LogP contribution in [0.1, 0.15) is 36.8 Å². The molecule has 0 aliphatic rings. The number of hydrogen-bond acceptors (Lipinski definition) is 3. The Balaban J connectivity index is 2.29. The molecule has 3 aromatic rings. The third-order valence-corrected chi connectivity index (χ3v) is 3.93. The predicted molar refractivity (Wildman–Crippen MR) is 87.5 cm³/mol. The summed E-state index contributed by atoms with van der Waals surface area (Å²) in [4.78, 5) is 13.9. The average molecular weight is 289 g/mol. The molecule has 3 heteroatoms. The Morgan fingerprint density at radius 3 is 1.36 bits per heavy atom. The summed E-state index contributed by atoms with van der Waals surface area (Å²) in [7, 11) is 0. The number of hydrogen-bond donors (Lipinski definition) is 0. The fraction of sp³-hybridized carbons (Fsp3) is 0.211. The second-order valence-electron chi connectivity index (χ2n) is 5.30. The lowest BCUT2D eigenvalue weighted by atomic mass is 9.73. The van der Waals surface area contributed by atoms with Gasteiger partial charge < -0.3 is 0 Å². The van der Waals surface area contributed by atoms with Crippen molar-refractivity contribution in [1.29, 1.82) is 0 Å². The van der Waals surface area contributed by atoms with E-state index in [4.69, 9.17) is 0 Å². The van der Waals surface area contributed by atoms with Crippen molar-refractivity contribution in [3.63, 3.8) is 0 Å². The van der Waals surface area contributed by atoms with Gasteiger partial charge in [-0.1, -0.05) is 31.5 Å². The minimum atomic E-state index is -0.404. The second kappa shape index (κ2) is 6.48. The van der Waals surface area contributed by atoms with Crippen molar-refractivity contribution in [2.45, 2.75) is 25.2 Å². The Morgan fingerprint density at radius 1 is 0.682 bits per heavy atom. The fourth-order valence-electron chi connectivity index (χ4n) is 3.00. The summed E-state index contributed by atoms with van der Waals surface area (Å²) in [5.74, 6) is 0. The van der Waals surface area contributed by atoms with Crippen LogP contribution in [0.25, 0.3) is 0 Å². The molecule has 0 N–H and O–H groups in total. The van der Waals surface area contributed by atoms with Crippen LogP contribution in [-0.4, -0.2) is 15.0 Å². The van der Waals surface area contributed by atoms with Crippen molar-refractivity contribution in [3.8, 4) is 0 Å². The molecule has 0 aliphatic heterocycles. The Kier molecular flexibility index (Phi) is 4.24. The SMILES string of the molecule is CCCC(c1ccccn1)(c1ccccn1)c1ccccn1. The molecule has 110 valence electrons. The van der Waals surface area contributed by atoms with Gasteiger partial charge >= 0.3 is 0 Å². The maximum absolute atomic E-state index is 4.64. The summed E-state index contributed by atoms with van der Waals surface area (Å²) in [6, 6.07) is 18.1. The van der Waals surface area contributed by atoms with E-state index in [1.54, 1.807) is 0 Å². The van der Waals surface area contributed by atoms with Gasteiger partial charge in [-0.2, -0.15) is 0 Å². The van der Waals surface area contributed by atoms with E-state index < -0.39 is 5.41 Å². The van der Waals surface area contributed by atoms with Crippen LogP contribution < -0.4 is 0 Å². The van der Waals surface area contributed by atoms with Crippen LogP contribution >= 0.6 is 0 Å². The standard InChI is InChI=1S/C19H19N3/c1-2-12-19(16-9-3-6-13-20-16,17-10-4-7-14-21-17)18-11-5-8-15-22-18/h3-11,13-15H,2,12H2,1H3. The van der Waals surface area contributed by atoms with E-state index in [0.29, 0.717) is 0 Å². The first kappa shape index (κ1) is 14.4. The van der Waals surface area contributed by atoms with E-state index in [2.05, 4.69) is 40.1 Å². The molecule has 0 aliphatic carbocycles. The molecule has 0 saturated heterocycles. The van der Waals surface area contributed by atoms with E-state index in [9.17, 15) is 0 Å². The van der Waals surface area contributed by atoms with Gasteiger partial charge in [-0.05, 0) is 42.8 Å². The second-order valence-corrected chi connectivity index (χ2v) is 5.30. The molecule has 0 spiro atoms. The molecule has 0 saturated carbocycles. The zero-order valence-corrected chi connectivity index (χ0v) is 12.7. The molecule has 0 aromatic carbocycles. The first-order chi connectivity index (χ1) is 10.9. The largest absolute Gasteiger partial charge is 0.260 e. The van der Waals surface area contributed by atoms with Crippen LogP contribution in [0.3, 0.4) is 0 Å². The first-order valence-corrected chi connectivity index (χ1v) is 7.62. The van der Waals surface area contributed by atoms with Gasteiger partial charge in [-0.15, -0.1) is 0 Å². The third kappa shape index (κ3) is 2.50. The number of nitrogens with zero attached hydrogens (tertiary/aromatic N) is 3. The molecule has 0 fully saturated rings. The molecule has 0 bridgehead atoms. The average Bonchev–Trinajstić information content (AvgIpc) is 2.62. The van der Waals surface area contributed by atoms with E-state index in [-0.39, 0.29) is 0 Å². The summed E-state index contributed by atoms with van der Waals surface area (Å²) >= 11 is 0. The summed E-state index contributed by atoms with van der Waals surface area (Å²) in [5, 5.41) is 0. The highest BCUT2D eigenvalue weighted by molar-refractivity contribution is 5.42. The van der Waals surface area contributed by atoms with E-state index >= 15 is 0 Å². The minimum absolute atomic E-state index is 0.404. The molecule has 22 heavy (non-hydrogen) atoms. The smallest absolute Gasteiger partial charge is 0.0966 e. The molecule has 0 atom stereocenters. The minimum Gasteiger partial charge on any atom is -0.260 e. The number of rotatable bonds is 5. The van der Waals surface area contributed by atoms with Gasteiger partial charge in [0.15, 0.2) is 0 Å². The molecule has 3 heterocycles. The lowest BCUT2D eigenvalue weighted by Crippen LogP contribution is -2.32. The lowest BCUT2D eigenvalue weighted by molar-refractivity contribution is 0.507. The first-order valence-electron chi connectivity index (χ1n) is 7.62. The van der Waals surface area contributed by atoms with Gasteiger partial charge in [0.25, 0.3) is 0 Å². The topological polar surface area (TPSA) is 38.7 Å². The van der Waals surface area contributed by atoms with Gasteiger partial charge in [0, 0.05) is 18.6 Å². The number of pyridine rings is 3. The molecule has 0 unspecified atom stereocenters. The van der Waals surface area contributed by atoms with Crippen LogP contribution in [0, 0.1) is 0 Å². The maximum atomic E-state index is 4.64. The summed E-state index contributed by atoms with van der Waals surface area (Å²) in [6.07, 6.45) is 7.45. The Labute approximate surface area is 131 Å². The summed E-state index contributed by atoms with van der Waals surface area (Å²) in [6.45, 7) is 2.18. The molecule has 0 amide bonds. The molecule has 0 radical (unpaired) electrons. The van der Waals surface area contributed by atoms with E-state index in [1.165, 1.54) is 0 Å². The normalized spacial score (nSPS) is 11.3. The van der Waals surface area contributed by atoms with E-state index in [1.807, 2.05) is 55.0 Å². The van der Waals surface area contributed by atoms with Crippen LogP contribution in [0.4, 0.5) is 0 Å². The summed E-state index contributed by atoms with van der Waals surface area (Å²) in [5.41, 5.74) is 2.58. The maximum Gasteiger partial charge on any atom is 0.0966 e. The highest BCUT2D eigenvalue weighted by Gasteiger charge is 2.39. The molecule has 3 rings (SSSR count). The Hall–Kier alpha value is -2.55. The van der Waals surface area contributed by atoms with Gasteiger partial charge in [-0.25, -0.2) is 0 Å². The van der Waals surface area contributed by atoms with Crippen molar-refractivity contribution < 1.29 is 0 Å². The fourth-order valence-corrected chi connectivity index (χ4v) is 3.00. The zero-order chi connectivity index (χ0) is 15.3. The van der Waals surface area contributed by atoms with Crippen LogP contribution in [0.5, 0.6) is 0 Å². The van der Waals surface area contributed by atoms with Gasteiger partial charge in [0.2, 0.25) is 0 Å². The van der Waals surface area contributed by atoms with Crippen molar-refractivity contribution >= 4 is 0 Å². The molecule has 3 nitrogen and oxygen atoms in total. The Morgan fingerprint density at radius 2 is 1.09 bits per heavy atom. The zero-order valence-electron chi connectivity index (χ0n) is 12.7. The highest BCUT2D eigenvalue weighted by Crippen LogP contribution is 2.39. The molecule has 3 aromatic heterocycles. The molecular formula is C19H19N3. The monoisotopic (exact) mass is 289 g/mol.